The van der Waals surface area contributed by atoms with E-state index in [1.165, 1.54) is 25.7 Å². The van der Waals surface area contributed by atoms with Gasteiger partial charge in [-0.3, -0.25) is 4.79 Å². The normalized spacial score (nSPS) is 25.8. The van der Waals surface area contributed by atoms with Crippen molar-refractivity contribution in [3.8, 4) is 0 Å². The van der Waals surface area contributed by atoms with Crippen molar-refractivity contribution in [1.29, 1.82) is 0 Å². The molecule has 0 aliphatic heterocycles. The van der Waals surface area contributed by atoms with Gasteiger partial charge in [0.25, 0.3) is 0 Å². The Kier molecular flexibility index (Phi) is 5.44. The Morgan fingerprint density at radius 1 is 1.35 bits per heavy atom. The highest BCUT2D eigenvalue weighted by Crippen LogP contribution is 2.27. The van der Waals surface area contributed by atoms with Gasteiger partial charge in [-0.2, -0.15) is 0 Å². The molecule has 1 rings (SSSR count). The molecule has 1 saturated carbocycles. The molecule has 0 aromatic rings. The molecule has 2 unspecified atom stereocenters. The standard InChI is InChI=1S/C14H26O3/c1-11-7-4-5-8-12(11)17-10-6-9-14(2,3)13(15)16/h11-12H,4-10H2,1-3H3,(H,15,16). The van der Waals surface area contributed by atoms with Gasteiger partial charge in [0, 0.05) is 6.61 Å². The zero-order chi connectivity index (χ0) is 12.9. The van der Waals surface area contributed by atoms with Gasteiger partial charge >= 0.3 is 5.97 Å². The van der Waals surface area contributed by atoms with Gasteiger partial charge < -0.3 is 9.84 Å². The lowest BCUT2D eigenvalue weighted by Gasteiger charge is -2.29. The third-order valence-electron chi connectivity index (χ3n) is 3.89. The van der Waals surface area contributed by atoms with Crippen molar-refractivity contribution in [2.45, 2.75) is 65.4 Å². The molecule has 0 radical (unpaired) electrons. The van der Waals surface area contributed by atoms with Crippen LogP contribution < -0.4 is 0 Å². The molecule has 0 bridgehead atoms. The van der Waals surface area contributed by atoms with E-state index in [0.29, 0.717) is 25.0 Å². The maximum absolute atomic E-state index is 10.9. The largest absolute Gasteiger partial charge is 0.481 e. The first-order chi connectivity index (χ1) is 7.93. The first kappa shape index (κ1) is 14.5. The predicted octanol–water partition coefficient (Wildman–Crippen LogP) is 3.47. The number of carboxylic acid groups (broad SMARTS) is 1. The molecule has 1 fully saturated rings. The van der Waals surface area contributed by atoms with E-state index in [0.717, 1.165) is 6.42 Å². The summed E-state index contributed by atoms with van der Waals surface area (Å²) in [4.78, 5) is 10.9. The van der Waals surface area contributed by atoms with E-state index >= 15 is 0 Å². The second-order valence-electron chi connectivity index (χ2n) is 5.96. The quantitative estimate of drug-likeness (QED) is 0.725. The molecule has 3 nitrogen and oxygen atoms in total. The van der Waals surface area contributed by atoms with E-state index in [9.17, 15) is 4.79 Å². The second kappa shape index (κ2) is 6.39. The van der Waals surface area contributed by atoms with Gasteiger partial charge in [-0.15, -0.1) is 0 Å². The molecule has 0 saturated heterocycles. The summed E-state index contributed by atoms with van der Waals surface area (Å²) in [6, 6.07) is 0. The number of hydrogen-bond acceptors (Lipinski definition) is 2. The molecule has 1 N–H and O–H groups in total. The van der Waals surface area contributed by atoms with Crippen molar-refractivity contribution < 1.29 is 14.6 Å². The zero-order valence-corrected chi connectivity index (χ0v) is 11.4. The predicted molar refractivity (Wildman–Crippen MR) is 68.0 cm³/mol. The van der Waals surface area contributed by atoms with Gasteiger partial charge in [0.15, 0.2) is 0 Å². The number of carboxylic acids is 1. The minimum absolute atomic E-state index is 0.400. The van der Waals surface area contributed by atoms with Crippen LogP contribution in [-0.4, -0.2) is 23.8 Å². The number of aliphatic carboxylic acids is 1. The van der Waals surface area contributed by atoms with E-state index in [4.69, 9.17) is 9.84 Å². The molecule has 2 atom stereocenters. The monoisotopic (exact) mass is 242 g/mol. The molecule has 17 heavy (non-hydrogen) atoms. The summed E-state index contributed by atoms with van der Waals surface area (Å²) in [7, 11) is 0. The van der Waals surface area contributed by atoms with Crippen LogP contribution in [0.15, 0.2) is 0 Å². The van der Waals surface area contributed by atoms with Crippen LogP contribution in [0.1, 0.15) is 59.3 Å². The topological polar surface area (TPSA) is 46.5 Å². The minimum atomic E-state index is -0.719. The van der Waals surface area contributed by atoms with Crippen LogP contribution >= 0.6 is 0 Å². The van der Waals surface area contributed by atoms with Gasteiger partial charge in [-0.1, -0.05) is 19.8 Å². The Morgan fingerprint density at radius 2 is 2.00 bits per heavy atom. The Labute approximate surface area is 105 Å². The summed E-state index contributed by atoms with van der Waals surface area (Å²) in [6.45, 7) is 6.51. The molecule has 1 aliphatic rings. The first-order valence-corrected chi connectivity index (χ1v) is 6.78. The lowest BCUT2D eigenvalue weighted by Crippen LogP contribution is -2.27. The summed E-state index contributed by atoms with van der Waals surface area (Å²) in [5, 5.41) is 8.99. The van der Waals surface area contributed by atoms with Crippen molar-refractivity contribution in [2.75, 3.05) is 6.61 Å². The van der Waals surface area contributed by atoms with Crippen LogP contribution in [0.5, 0.6) is 0 Å². The highest BCUT2D eigenvalue weighted by atomic mass is 16.5. The first-order valence-electron chi connectivity index (χ1n) is 6.78. The zero-order valence-electron chi connectivity index (χ0n) is 11.4. The molecular weight excluding hydrogens is 216 g/mol. The van der Waals surface area contributed by atoms with E-state index in [1.807, 2.05) is 0 Å². The van der Waals surface area contributed by atoms with Crippen LogP contribution in [0.3, 0.4) is 0 Å². The number of carbonyl (C=O) groups is 1. The van der Waals surface area contributed by atoms with Gasteiger partial charge in [0.1, 0.15) is 0 Å². The van der Waals surface area contributed by atoms with Gasteiger partial charge in [-0.05, 0) is 45.4 Å². The van der Waals surface area contributed by atoms with Crippen LogP contribution in [0.25, 0.3) is 0 Å². The SMILES string of the molecule is CC1CCCCC1OCCCC(C)(C)C(=O)O. The van der Waals surface area contributed by atoms with Crippen LogP contribution in [0.2, 0.25) is 0 Å². The molecule has 1 aliphatic carbocycles. The fraction of sp³-hybridized carbons (Fsp3) is 0.929. The van der Waals surface area contributed by atoms with E-state index in [-0.39, 0.29) is 0 Å². The third kappa shape index (κ3) is 4.66. The van der Waals surface area contributed by atoms with Crippen molar-refractivity contribution in [2.24, 2.45) is 11.3 Å². The fourth-order valence-electron chi connectivity index (χ4n) is 2.39. The maximum Gasteiger partial charge on any atom is 0.309 e. The van der Waals surface area contributed by atoms with E-state index < -0.39 is 11.4 Å². The molecule has 0 spiro atoms. The Morgan fingerprint density at radius 3 is 2.59 bits per heavy atom. The maximum atomic E-state index is 10.9. The molecular formula is C14H26O3. The third-order valence-corrected chi connectivity index (χ3v) is 3.89. The fourth-order valence-corrected chi connectivity index (χ4v) is 2.39. The van der Waals surface area contributed by atoms with Crippen LogP contribution in [-0.2, 0) is 9.53 Å². The molecule has 100 valence electrons. The summed E-state index contributed by atoms with van der Waals surface area (Å²) >= 11 is 0. The van der Waals surface area contributed by atoms with Gasteiger partial charge in [0.05, 0.1) is 11.5 Å². The van der Waals surface area contributed by atoms with E-state index in [1.54, 1.807) is 13.8 Å². The average molecular weight is 242 g/mol. The number of hydrogen-bond donors (Lipinski definition) is 1. The highest BCUT2D eigenvalue weighted by molar-refractivity contribution is 5.73. The average Bonchev–Trinajstić information content (AvgIpc) is 2.26. The van der Waals surface area contributed by atoms with Crippen molar-refractivity contribution in [3.05, 3.63) is 0 Å². The van der Waals surface area contributed by atoms with Crippen LogP contribution in [0, 0.1) is 11.3 Å². The van der Waals surface area contributed by atoms with E-state index in [2.05, 4.69) is 6.92 Å². The van der Waals surface area contributed by atoms with Crippen molar-refractivity contribution in [1.82, 2.24) is 0 Å². The molecule has 0 aromatic carbocycles. The summed E-state index contributed by atoms with van der Waals surface area (Å²) in [5.74, 6) is -0.0558. The van der Waals surface area contributed by atoms with Gasteiger partial charge in [0.2, 0.25) is 0 Å². The van der Waals surface area contributed by atoms with Crippen molar-refractivity contribution >= 4 is 5.97 Å². The lowest BCUT2D eigenvalue weighted by molar-refractivity contribution is -0.147. The number of ether oxygens (including phenoxy) is 1. The smallest absolute Gasteiger partial charge is 0.309 e. The van der Waals surface area contributed by atoms with Gasteiger partial charge in [-0.25, -0.2) is 0 Å². The molecule has 0 heterocycles. The molecule has 0 amide bonds. The summed E-state index contributed by atoms with van der Waals surface area (Å²) in [5.41, 5.74) is -0.623. The van der Waals surface area contributed by atoms with Crippen LogP contribution in [0.4, 0.5) is 0 Å². The Balaban J connectivity index is 2.17. The molecule has 3 heteroatoms. The van der Waals surface area contributed by atoms with Crippen molar-refractivity contribution in [3.63, 3.8) is 0 Å². The highest BCUT2D eigenvalue weighted by Gasteiger charge is 2.27. The number of rotatable bonds is 6. The Hall–Kier alpha value is -0.570. The Bertz CT molecular complexity index is 248. The minimum Gasteiger partial charge on any atom is -0.481 e. The summed E-state index contributed by atoms with van der Waals surface area (Å²) in [6.07, 6.45) is 6.96. The second-order valence-corrected chi connectivity index (χ2v) is 5.96. The lowest BCUT2D eigenvalue weighted by atomic mass is 9.87. The molecule has 0 aromatic heterocycles. The summed E-state index contributed by atoms with van der Waals surface area (Å²) < 4.78 is 5.88.